The van der Waals surface area contributed by atoms with Crippen molar-refractivity contribution in [1.29, 1.82) is 0 Å². The molecule has 2 aromatic carbocycles. The van der Waals surface area contributed by atoms with Crippen molar-refractivity contribution in [2.45, 2.75) is 44.7 Å². The summed E-state index contributed by atoms with van der Waals surface area (Å²) in [5.74, 6) is -0.724. The summed E-state index contributed by atoms with van der Waals surface area (Å²) >= 11 is 6.13. The molecule has 4 aromatic rings. The van der Waals surface area contributed by atoms with Crippen molar-refractivity contribution < 1.29 is 9.18 Å². The van der Waals surface area contributed by atoms with E-state index in [1.54, 1.807) is 12.1 Å². The number of amides is 1. The summed E-state index contributed by atoms with van der Waals surface area (Å²) in [6, 6.07) is 9.05. The molecule has 1 amide bonds. The Labute approximate surface area is 198 Å². The van der Waals surface area contributed by atoms with Gasteiger partial charge in [-0.3, -0.25) is 14.2 Å². The van der Waals surface area contributed by atoms with Gasteiger partial charge in [0.15, 0.2) is 0 Å². The zero-order valence-electron chi connectivity index (χ0n) is 18.6. The van der Waals surface area contributed by atoms with Gasteiger partial charge < -0.3 is 5.32 Å². The molecule has 1 fully saturated rings. The summed E-state index contributed by atoms with van der Waals surface area (Å²) in [5, 5.41) is 7.77. The van der Waals surface area contributed by atoms with Crippen molar-refractivity contribution >= 4 is 34.2 Å². The van der Waals surface area contributed by atoms with Crippen molar-refractivity contribution in [3.8, 4) is 0 Å². The number of rotatable bonds is 4. The molecule has 1 saturated carbocycles. The summed E-state index contributed by atoms with van der Waals surface area (Å²) in [6.07, 6.45) is 5.22. The maximum absolute atomic E-state index is 14.3. The zero-order valence-corrected chi connectivity index (χ0v) is 19.3. The second-order valence-electron chi connectivity index (χ2n) is 8.68. The minimum Gasteiger partial charge on any atom is -0.349 e. The van der Waals surface area contributed by atoms with Crippen LogP contribution in [0.25, 0.3) is 16.7 Å². The Morgan fingerprint density at radius 1 is 1.18 bits per heavy atom. The molecular weight excluding hydrogens is 461 g/mol. The van der Waals surface area contributed by atoms with Gasteiger partial charge in [0.05, 0.1) is 17.4 Å². The maximum atomic E-state index is 14.3. The lowest BCUT2D eigenvalue weighted by atomic mass is 9.95. The highest BCUT2D eigenvalue weighted by Gasteiger charge is 2.21. The number of nitrogens with zero attached hydrogens (tertiary/aromatic N) is 4. The third-order valence-corrected chi connectivity index (χ3v) is 6.82. The van der Waals surface area contributed by atoms with Crippen LogP contribution < -0.4 is 16.6 Å². The van der Waals surface area contributed by atoms with Gasteiger partial charge in [-0.1, -0.05) is 36.9 Å². The number of benzene rings is 2. The number of carbonyl (C=O) groups is 1. The third-order valence-electron chi connectivity index (χ3n) is 6.47. The number of aryl methyl sites for hydroxylation is 1. The first-order valence-corrected chi connectivity index (χ1v) is 11.6. The number of halogens is 2. The van der Waals surface area contributed by atoms with Crippen molar-refractivity contribution in [1.82, 2.24) is 24.1 Å². The average Bonchev–Trinajstić information content (AvgIpc) is 3.16. The first-order chi connectivity index (χ1) is 16.3. The van der Waals surface area contributed by atoms with Gasteiger partial charge in [0, 0.05) is 29.2 Å². The normalized spacial score (nSPS) is 14.7. The smallest absolute Gasteiger partial charge is 0.349 e. The minimum absolute atomic E-state index is 0.0831. The maximum Gasteiger partial charge on any atom is 0.352 e. The lowest BCUT2D eigenvalue weighted by Gasteiger charge is -2.22. The van der Waals surface area contributed by atoms with Crippen LogP contribution in [0.15, 0.2) is 46.0 Å². The molecule has 0 unspecified atom stereocenters. The van der Waals surface area contributed by atoms with Crippen molar-refractivity contribution in [3.63, 3.8) is 0 Å². The van der Waals surface area contributed by atoms with Crippen molar-refractivity contribution in [2.24, 2.45) is 7.05 Å². The van der Waals surface area contributed by atoms with Crippen LogP contribution in [0.3, 0.4) is 0 Å². The Morgan fingerprint density at radius 3 is 2.68 bits per heavy atom. The minimum atomic E-state index is -0.570. The molecule has 10 heteroatoms. The van der Waals surface area contributed by atoms with E-state index in [2.05, 4.69) is 10.4 Å². The highest BCUT2D eigenvalue weighted by atomic mass is 35.5. The second kappa shape index (κ2) is 8.72. The lowest BCUT2D eigenvalue weighted by Crippen LogP contribution is -2.36. The Morgan fingerprint density at radius 2 is 1.94 bits per heavy atom. The molecule has 0 saturated heterocycles. The van der Waals surface area contributed by atoms with Gasteiger partial charge in [0.1, 0.15) is 5.82 Å². The lowest BCUT2D eigenvalue weighted by molar-refractivity contribution is 0.0928. The van der Waals surface area contributed by atoms with E-state index in [1.807, 2.05) is 0 Å². The van der Waals surface area contributed by atoms with Gasteiger partial charge in [-0.15, -0.1) is 5.10 Å². The quantitative estimate of drug-likeness (QED) is 0.482. The van der Waals surface area contributed by atoms with E-state index in [9.17, 15) is 18.8 Å². The van der Waals surface area contributed by atoms with Crippen LogP contribution in [0.4, 0.5) is 4.39 Å². The van der Waals surface area contributed by atoms with Gasteiger partial charge in [0.2, 0.25) is 5.78 Å². The molecule has 176 valence electrons. The Hall–Kier alpha value is -3.46. The predicted molar refractivity (Wildman–Crippen MR) is 127 cm³/mol. The first kappa shape index (κ1) is 22.3. The molecule has 1 aliphatic carbocycles. The van der Waals surface area contributed by atoms with Crippen molar-refractivity contribution in [3.05, 3.63) is 79.2 Å². The molecule has 0 spiro atoms. The molecule has 34 heavy (non-hydrogen) atoms. The zero-order chi connectivity index (χ0) is 24.0. The fourth-order valence-corrected chi connectivity index (χ4v) is 4.81. The van der Waals surface area contributed by atoms with E-state index < -0.39 is 11.5 Å². The summed E-state index contributed by atoms with van der Waals surface area (Å²) in [4.78, 5) is 39.1. The predicted octanol–water partition coefficient (Wildman–Crippen LogP) is 3.25. The van der Waals surface area contributed by atoms with Gasteiger partial charge >= 0.3 is 5.69 Å². The molecule has 8 nitrogen and oxygen atoms in total. The number of aromatic nitrogens is 4. The molecule has 2 aromatic heterocycles. The molecule has 2 heterocycles. The molecule has 1 N–H and O–H groups in total. The largest absolute Gasteiger partial charge is 0.352 e. The SMILES string of the molecule is Cn1c(=O)c2ccc(C(=O)NC3CCCCC3)cc2n2c(=O)n(Cc3c(F)cccc3Cl)nc12. The molecular formula is C24H23ClFN5O3. The fraction of sp³-hybridized carbons (Fsp3) is 0.333. The Bertz CT molecular complexity index is 1530. The highest BCUT2D eigenvalue weighted by molar-refractivity contribution is 6.31. The number of nitrogens with one attached hydrogen (secondary N) is 1. The first-order valence-electron chi connectivity index (χ1n) is 11.2. The summed E-state index contributed by atoms with van der Waals surface area (Å²) in [7, 11) is 1.51. The van der Waals surface area contributed by atoms with Crippen molar-refractivity contribution in [2.75, 3.05) is 0 Å². The van der Waals surface area contributed by atoms with E-state index in [1.165, 1.54) is 46.7 Å². The van der Waals surface area contributed by atoms with Crippen LogP contribution in [0, 0.1) is 5.82 Å². The van der Waals surface area contributed by atoms with Gasteiger partial charge in [-0.25, -0.2) is 18.3 Å². The van der Waals surface area contributed by atoms with Gasteiger partial charge in [-0.05, 0) is 43.2 Å². The molecule has 0 radical (unpaired) electrons. The number of fused-ring (bicyclic) bond motifs is 3. The summed E-state index contributed by atoms with van der Waals surface area (Å²) in [6.45, 7) is -0.205. The van der Waals surface area contributed by atoms with Crippen LogP contribution >= 0.6 is 11.6 Å². The standard InChI is InChI=1S/C24H23ClFN5O3/c1-29-22(33)16-11-10-14(21(32)27-15-6-3-2-4-7-15)12-20(16)31-23(29)28-30(24(31)34)13-17-18(25)8-5-9-19(17)26/h5,8-12,15H,2-4,6-7,13H2,1H3,(H,27,32). The van der Waals surface area contributed by atoms with E-state index in [4.69, 9.17) is 11.6 Å². The van der Waals surface area contributed by atoms with Gasteiger partial charge in [-0.2, -0.15) is 0 Å². The fourth-order valence-electron chi connectivity index (χ4n) is 4.59. The third kappa shape index (κ3) is 3.79. The molecule has 0 aliphatic heterocycles. The number of hydrogen-bond acceptors (Lipinski definition) is 4. The van der Waals surface area contributed by atoms with Crippen LogP contribution in [0.1, 0.15) is 48.0 Å². The molecule has 5 rings (SSSR count). The van der Waals surface area contributed by atoms with E-state index in [-0.39, 0.29) is 51.3 Å². The van der Waals surface area contributed by atoms with E-state index >= 15 is 0 Å². The Kier molecular flexibility index (Phi) is 5.73. The van der Waals surface area contributed by atoms with E-state index in [0.717, 1.165) is 30.4 Å². The Balaban J connectivity index is 1.63. The summed E-state index contributed by atoms with van der Waals surface area (Å²) < 4.78 is 17.9. The van der Waals surface area contributed by atoms with Crippen LogP contribution in [0.5, 0.6) is 0 Å². The average molecular weight is 484 g/mol. The monoisotopic (exact) mass is 483 g/mol. The van der Waals surface area contributed by atoms with Crippen LogP contribution in [-0.4, -0.2) is 30.7 Å². The molecule has 0 bridgehead atoms. The number of hydrogen-bond donors (Lipinski definition) is 1. The number of carbonyl (C=O) groups excluding carboxylic acids is 1. The van der Waals surface area contributed by atoms with E-state index in [0.29, 0.717) is 5.56 Å². The van der Waals surface area contributed by atoms with Gasteiger partial charge in [0.25, 0.3) is 11.5 Å². The van der Waals surface area contributed by atoms with Crippen LogP contribution in [-0.2, 0) is 13.6 Å². The highest BCUT2D eigenvalue weighted by Crippen LogP contribution is 2.21. The molecule has 1 aliphatic rings. The van der Waals surface area contributed by atoms with Crippen LogP contribution in [0.2, 0.25) is 5.02 Å². The summed E-state index contributed by atoms with van der Waals surface area (Å²) in [5.41, 5.74) is -0.186. The topological polar surface area (TPSA) is 90.4 Å². The molecule has 0 atom stereocenters. The second-order valence-corrected chi connectivity index (χ2v) is 9.09.